The Kier molecular flexibility index (Phi) is 2.48. The molecule has 17 heavy (non-hydrogen) atoms. The average molecular weight is 231 g/mol. The fourth-order valence-corrected chi connectivity index (χ4v) is 2.05. The first-order chi connectivity index (χ1) is 8.33. The van der Waals surface area contributed by atoms with Gasteiger partial charge in [-0.25, -0.2) is 0 Å². The summed E-state index contributed by atoms with van der Waals surface area (Å²) in [7, 11) is 0. The second-order valence-electron chi connectivity index (χ2n) is 4.14. The van der Waals surface area contributed by atoms with Crippen molar-refractivity contribution in [3.63, 3.8) is 0 Å². The van der Waals surface area contributed by atoms with Crippen molar-refractivity contribution in [3.05, 3.63) is 29.3 Å². The molecule has 0 aliphatic carbocycles. The highest BCUT2D eigenvalue weighted by Gasteiger charge is 2.16. The number of nitrogens with one attached hydrogen (secondary N) is 1. The standard InChI is InChI=1S/C13H13NO3/c15-13-10(2-1-5-14-13)6-9-3-4-11-12(7-9)17-8-16-11/h3-4,6-7H,1-2,5,8H2,(H,14,15). The molecule has 2 aliphatic rings. The van der Waals surface area contributed by atoms with Crippen LogP contribution in [0.1, 0.15) is 18.4 Å². The summed E-state index contributed by atoms with van der Waals surface area (Å²) in [6.45, 7) is 1.05. The quantitative estimate of drug-likeness (QED) is 0.748. The molecular weight excluding hydrogens is 218 g/mol. The van der Waals surface area contributed by atoms with Crippen molar-refractivity contribution < 1.29 is 14.3 Å². The number of ether oxygens (including phenoxy) is 2. The largest absolute Gasteiger partial charge is 0.454 e. The summed E-state index contributed by atoms with van der Waals surface area (Å²) < 4.78 is 10.5. The van der Waals surface area contributed by atoms with Crippen LogP contribution in [-0.4, -0.2) is 19.2 Å². The van der Waals surface area contributed by atoms with Crippen LogP contribution in [-0.2, 0) is 4.79 Å². The Bertz CT molecular complexity index is 493. The van der Waals surface area contributed by atoms with Crippen LogP contribution in [0.15, 0.2) is 23.8 Å². The molecule has 4 heteroatoms. The summed E-state index contributed by atoms with van der Waals surface area (Å²) in [4.78, 5) is 11.6. The van der Waals surface area contributed by atoms with Gasteiger partial charge in [-0.15, -0.1) is 0 Å². The lowest BCUT2D eigenvalue weighted by Gasteiger charge is -2.14. The van der Waals surface area contributed by atoms with Crippen LogP contribution in [0.25, 0.3) is 6.08 Å². The van der Waals surface area contributed by atoms with E-state index in [0.29, 0.717) is 0 Å². The molecule has 1 N–H and O–H groups in total. The number of hydrogen-bond donors (Lipinski definition) is 1. The highest BCUT2D eigenvalue weighted by molar-refractivity contribution is 5.98. The molecular formula is C13H13NO3. The third-order valence-electron chi connectivity index (χ3n) is 2.94. The Balaban J connectivity index is 1.89. The summed E-state index contributed by atoms with van der Waals surface area (Å²) in [5, 5.41) is 2.84. The van der Waals surface area contributed by atoms with Crippen LogP contribution in [0, 0.1) is 0 Å². The minimum Gasteiger partial charge on any atom is -0.454 e. The molecule has 0 atom stereocenters. The van der Waals surface area contributed by atoms with E-state index >= 15 is 0 Å². The van der Waals surface area contributed by atoms with E-state index in [1.165, 1.54) is 0 Å². The molecule has 0 radical (unpaired) electrons. The predicted molar refractivity (Wildman–Crippen MR) is 62.8 cm³/mol. The first kappa shape index (κ1) is 10.2. The summed E-state index contributed by atoms with van der Waals surface area (Å²) >= 11 is 0. The van der Waals surface area contributed by atoms with Crippen molar-refractivity contribution in [2.45, 2.75) is 12.8 Å². The third-order valence-corrected chi connectivity index (χ3v) is 2.94. The van der Waals surface area contributed by atoms with Crippen LogP contribution in [0.5, 0.6) is 11.5 Å². The molecule has 1 aromatic carbocycles. The lowest BCUT2D eigenvalue weighted by atomic mass is 10.0. The molecule has 3 rings (SSSR count). The summed E-state index contributed by atoms with van der Waals surface area (Å²) in [5.41, 5.74) is 1.80. The normalized spacial score (nSPS) is 20.5. The van der Waals surface area contributed by atoms with Gasteiger partial charge in [-0.1, -0.05) is 6.07 Å². The molecule has 0 spiro atoms. The van der Waals surface area contributed by atoms with Crippen LogP contribution in [0.2, 0.25) is 0 Å². The van der Waals surface area contributed by atoms with Crippen molar-refractivity contribution in [2.24, 2.45) is 0 Å². The van der Waals surface area contributed by atoms with Crippen molar-refractivity contribution in [1.82, 2.24) is 5.32 Å². The maximum atomic E-state index is 11.6. The van der Waals surface area contributed by atoms with E-state index in [4.69, 9.17) is 9.47 Å². The Morgan fingerprint density at radius 1 is 1.24 bits per heavy atom. The number of benzene rings is 1. The number of carbonyl (C=O) groups excluding carboxylic acids is 1. The van der Waals surface area contributed by atoms with Gasteiger partial charge >= 0.3 is 0 Å². The van der Waals surface area contributed by atoms with E-state index in [9.17, 15) is 4.79 Å². The average Bonchev–Trinajstić information content (AvgIpc) is 2.79. The monoisotopic (exact) mass is 231 g/mol. The highest BCUT2D eigenvalue weighted by atomic mass is 16.7. The van der Waals surface area contributed by atoms with Gasteiger partial charge < -0.3 is 14.8 Å². The molecule has 2 aliphatic heterocycles. The number of piperidine rings is 1. The first-order valence-electron chi connectivity index (χ1n) is 5.71. The molecule has 0 aromatic heterocycles. The molecule has 1 fully saturated rings. The van der Waals surface area contributed by atoms with Gasteiger partial charge in [0.25, 0.3) is 0 Å². The minimum absolute atomic E-state index is 0.0360. The van der Waals surface area contributed by atoms with E-state index in [1.807, 2.05) is 24.3 Å². The van der Waals surface area contributed by atoms with Crippen molar-refractivity contribution in [2.75, 3.05) is 13.3 Å². The van der Waals surface area contributed by atoms with E-state index < -0.39 is 0 Å². The Labute approximate surface area is 99.2 Å². The molecule has 1 saturated heterocycles. The van der Waals surface area contributed by atoms with E-state index in [-0.39, 0.29) is 12.7 Å². The molecule has 4 nitrogen and oxygen atoms in total. The molecule has 0 saturated carbocycles. The Morgan fingerprint density at radius 2 is 2.12 bits per heavy atom. The second-order valence-corrected chi connectivity index (χ2v) is 4.14. The van der Waals surface area contributed by atoms with Gasteiger partial charge in [0.05, 0.1) is 0 Å². The third kappa shape index (κ3) is 1.98. The van der Waals surface area contributed by atoms with Gasteiger partial charge in [0, 0.05) is 12.1 Å². The Hall–Kier alpha value is -1.97. The predicted octanol–water partition coefficient (Wildman–Crippen LogP) is 1.71. The number of amides is 1. The smallest absolute Gasteiger partial charge is 0.247 e. The molecule has 0 bridgehead atoms. The Morgan fingerprint density at radius 3 is 3.00 bits per heavy atom. The summed E-state index contributed by atoms with van der Waals surface area (Å²) in [5.74, 6) is 1.55. The van der Waals surface area contributed by atoms with E-state index in [2.05, 4.69) is 5.32 Å². The van der Waals surface area contributed by atoms with E-state index in [0.717, 1.165) is 42.0 Å². The maximum absolute atomic E-state index is 11.6. The lowest BCUT2D eigenvalue weighted by molar-refractivity contribution is -0.118. The van der Waals surface area contributed by atoms with Crippen LogP contribution in [0.4, 0.5) is 0 Å². The molecule has 2 heterocycles. The molecule has 0 unspecified atom stereocenters. The second kappa shape index (κ2) is 4.13. The fourth-order valence-electron chi connectivity index (χ4n) is 2.05. The van der Waals surface area contributed by atoms with Gasteiger partial charge in [-0.2, -0.15) is 0 Å². The highest BCUT2D eigenvalue weighted by Crippen LogP contribution is 2.33. The maximum Gasteiger partial charge on any atom is 0.247 e. The number of carbonyl (C=O) groups is 1. The molecule has 88 valence electrons. The topological polar surface area (TPSA) is 47.6 Å². The van der Waals surface area contributed by atoms with Crippen LogP contribution in [0.3, 0.4) is 0 Å². The van der Waals surface area contributed by atoms with Crippen molar-refractivity contribution in [1.29, 1.82) is 0 Å². The number of fused-ring (bicyclic) bond motifs is 1. The lowest BCUT2D eigenvalue weighted by Crippen LogP contribution is -2.30. The summed E-state index contributed by atoms with van der Waals surface area (Å²) in [6, 6.07) is 5.70. The minimum atomic E-state index is 0.0360. The van der Waals surface area contributed by atoms with Crippen molar-refractivity contribution in [3.8, 4) is 11.5 Å². The van der Waals surface area contributed by atoms with Crippen LogP contribution >= 0.6 is 0 Å². The zero-order valence-corrected chi connectivity index (χ0v) is 9.36. The number of hydrogen-bond acceptors (Lipinski definition) is 3. The molecule has 1 aromatic rings. The van der Waals surface area contributed by atoms with Crippen molar-refractivity contribution >= 4 is 12.0 Å². The SMILES string of the molecule is O=C1NCCCC1=Cc1ccc2c(c1)OCO2. The zero-order valence-electron chi connectivity index (χ0n) is 9.36. The molecule has 1 amide bonds. The van der Waals surface area contributed by atoms with Gasteiger partial charge in [0.2, 0.25) is 12.7 Å². The van der Waals surface area contributed by atoms with Gasteiger partial charge in [-0.05, 0) is 36.6 Å². The summed E-state index contributed by atoms with van der Waals surface area (Å²) in [6.07, 6.45) is 3.75. The van der Waals surface area contributed by atoms with Crippen LogP contribution < -0.4 is 14.8 Å². The zero-order chi connectivity index (χ0) is 11.7. The van der Waals surface area contributed by atoms with Gasteiger partial charge in [0.15, 0.2) is 11.5 Å². The fraction of sp³-hybridized carbons (Fsp3) is 0.308. The number of rotatable bonds is 1. The van der Waals surface area contributed by atoms with Gasteiger partial charge in [0.1, 0.15) is 0 Å². The van der Waals surface area contributed by atoms with Gasteiger partial charge in [-0.3, -0.25) is 4.79 Å². The first-order valence-corrected chi connectivity index (χ1v) is 5.71. The van der Waals surface area contributed by atoms with E-state index in [1.54, 1.807) is 0 Å².